The molecule has 1 rings (SSSR count). The summed E-state index contributed by atoms with van der Waals surface area (Å²) in [6.07, 6.45) is 0. The molecule has 4 nitrogen and oxygen atoms in total. The minimum absolute atomic E-state index is 0. The number of hydrogen-bond donors (Lipinski definition) is 1. The maximum absolute atomic E-state index is 9.00. The fourth-order valence-corrected chi connectivity index (χ4v) is 6.61. The summed E-state index contributed by atoms with van der Waals surface area (Å²) in [6, 6.07) is 9.53. The van der Waals surface area contributed by atoms with Crippen LogP contribution in [0.2, 0.25) is 0 Å². The number of hydrogen-bond acceptors (Lipinski definition) is 3. The van der Waals surface area contributed by atoms with Crippen LogP contribution < -0.4 is 4.52 Å². The molecular weight excluding hydrogens is 485 g/mol. The van der Waals surface area contributed by atoms with Crippen molar-refractivity contribution in [2.75, 3.05) is 0 Å². The Balaban J connectivity index is 0. The van der Waals surface area contributed by atoms with Gasteiger partial charge < -0.3 is 14.2 Å². The summed E-state index contributed by atoms with van der Waals surface area (Å²) < 4.78 is 12.4. The van der Waals surface area contributed by atoms with E-state index in [1.165, 1.54) is 0 Å². The van der Waals surface area contributed by atoms with Gasteiger partial charge in [0.25, 0.3) is 5.97 Å². The van der Waals surface area contributed by atoms with Gasteiger partial charge in [0, 0.05) is 52.6 Å². The number of carboxylic acids is 1. The average Bonchev–Trinajstić information content (AvgIpc) is 2.51. The third kappa shape index (κ3) is 13.2. The normalized spacial score (nSPS) is 11.1. The number of rotatable bonds is 9. The van der Waals surface area contributed by atoms with Gasteiger partial charge in [-0.25, -0.2) is 0 Å². The van der Waals surface area contributed by atoms with Crippen LogP contribution in [0.15, 0.2) is 18.2 Å². The molecular formula is C21H37O4P2Pd-. The molecule has 1 N–H and O–H groups in total. The van der Waals surface area contributed by atoms with Gasteiger partial charge in [-0.15, -0.1) is 17.7 Å². The summed E-state index contributed by atoms with van der Waals surface area (Å²) in [5, 5.41) is 7.42. The molecule has 1 aromatic carbocycles. The van der Waals surface area contributed by atoms with Crippen LogP contribution in [-0.4, -0.2) is 33.7 Å². The van der Waals surface area contributed by atoms with Crippen molar-refractivity contribution >= 4 is 22.3 Å². The van der Waals surface area contributed by atoms with Crippen LogP contribution in [0.4, 0.5) is 0 Å². The summed E-state index contributed by atoms with van der Waals surface area (Å²) in [5.41, 5.74) is 3.35. The van der Waals surface area contributed by atoms with Crippen molar-refractivity contribution in [3.63, 3.8) is 0 Å². The van der Waals surface area contributed by atoms with Crippen LogP contribution in [0.5, 0.6) is 5.75 Å². The molecule has 0 amide bonds. The Morgan fingerprint density at radius 3 is 1.79 bits per heavy atom. The van der Waals surface area contributed by atoms with Gasteiger partial charge in [0.05, 0.1) is 14.8 Å². The number of benzene rings is 1. The molecule has 0 aliphatic rings. The van der Waals surface area contributed by atoms with Gasteiger partial charge in [0.1, 0.15) is 0 Å². The van der Waals surface area contributed by atoms with Crippen LogP contribution >= 0.6 is 16.3 Å². The number of carboxylic acid groups (broad SMARTS) is 1. The molecule has 0 aliphatic carbocycles. The van der Waals surface area contributed by atoms with Gasteiger partial charge >= 0.3 is 0 Å². The topological polar surface area (TPSA) is 55.8 Å². The second-order valence-electron chi connectivity index (χ2n) is 7.52. The summed E-state index contributed by atoms with van der Waals surface area (Å²) in [5.74, 6) is 0.0260. The predicted octanol–water partition coefficient (Wildman–Crippen LogP) is 6.90. The first-order valence-corrected chi connectivity index (χ1v) is 12.3. The van der Waals surface area contributed by atoms with E-state index in [-0.39, 0.29) is 20.4 Å². The van der Waals surface area contributed by atoms with Crippen LogP contribution in [0.3, 0.4) is 0 Å². The molecule has 0 radical (unpaired) electrons. The molecule has 166 valence electrons. The van der Waals surface area contributed by atoms with E-state index < -0.39 is 22.3 Å². The molecule has 0 unspecified atom stereocenters. The molecule has 0 fully saturated rings. The Morgan fingerprint density at radius 2 is 1.39 bits per heavy atom. The molecule has 0 aromatic heterocycles. The molecule has 0 aliphatic heterocycles. The number of carbonyl (C=O) groups is 1. The Hall–Kier alpha value is -0.0277. The molecule has 0 spiro atoms. The van der Waals surface area contributed by atoms with Crippen molar-refractivity contribution in [1.82, 2.24) is 0 Å². The van der Waals surface area contributed by atoms with E-state index in [1.807, 2.05) is 12.1 Å². The van der Waals surface area contributed by atoms with Crippen molar-refractivity contribution in [3.05, 3.63) is 29.8 Å². The first-order chi connectivity index (χ1) is 12.5. The molecule has 7 heteroatoms. The third-order valence-corrected chi connectivity index (χ3v) is 8.34. The van der Waals surface area contributed by atoms with Crippen molar-refractivity contribution in [2.24, 2.45) is 0 Å². The molecule has 0 bridgehead atoms. The van der Waals surface area contributed by atoms with Crippen molar-refractivity contribution in [1.29, 1.82) is 0 Å². The van der Waals surface area contributed by atoms with Crippen molar-refractivity contribution in [2.45, 2.75) is 91.6 Å². The van der Waals surface area contributed by atoms with E-state index in [2.05, 4.69) is 67.5 Å². The van der Waals surface area contributed by atoms with E-state index in [0.717, 1.165) is 18.2 Å². The van der Waals surface area contributed by atoms with Gasteiger partial charge in [-0.3, -0.25) is 4.79 Å². The van der Waals surface area contributed by atoms with Crippen LogP contribution in [0.25, 0.3) is 0 Å². The number of aliphatic carboxylic acids is 1. The second-order valence-corrected chi connectivity index (χ2v) is 13.5. The first kappa shape index (κ1) is 30.2. The van der Waals surface area contributed by atoms with Gasteiger partial charge in [-0.1, -0.05) is 55.4 Å². The molecule has 1 aromatic rings. The van der Waals surface area contributed by atoms with Gasteiger partial charge in [0.2, 0.25) is 0 Å². The van der Waals surface area contributed by atoms with E-state index >= 15 is 0 Å². The van der Waals surface area contributed by atoms with E-state index in [9.17, 15) is 0 Å². The largest absolute Gasteiger partial charge is 0.499 e. The zero-order valence-electron chi connectivity index (χ0n) is 18.6. The summed E-state index contributed by atoms with van der Waals surface area (Å²) in [7, 11) is -0.884. The average molecular weight is 522 g/mol. The van der Waals surface area contributed by atoms with Crippen LogP contribution in [-0.2, 0) is 36.3 Å². The molecule has 0 atom stereocenters. The standard InChI is InChI=1S/C19H33O2P2.C2H4O2.Pd/c1-14(2)22(15(3)4)20-13-18-10-9-11-19(12-18)21-23(16(5)6)17(7)8;1-2(3)4;/h9-11,14-17H,13H2,1-8H3;1H3,(H,3,4);/q-1;;. The maximum atomic E-state index is 9.00. The van der Waals surface area contributed by atoms with E-state index in [4.69, 9.17) is 18.9 Å². The molecule has 0 saturated carbocycles. The monoisotopic (exact) mass is 521 g/mol. The molecule has 0 saturated heterocycles. The fraction of sp³-hybridized carbons (Fsp3) is 0.667. The van der Waals surface area contributed by atoms with Crippen LogP contribution in [0.1, 0.15) is 67.9 Å². The van der Waals surface area contributed by atoms with E-state index in [1.54, 1.807) is 0 Å². The zero-order valence-corrected chi connectivity index (χ0v) is 22.0. The smallest absolute Gasteiger partial charge is 0.300 e. The van der Waals surface area contributed by atoms with Gasteiger partial charge in [-0.05, 0) is 11.3 Å². The third-order valence-electron chi connectivity index (χ3n) is 3.44. The summed E-state index contributed by atoms with van der Waals surface area (Å²) >= 11 is 0. The van der Waals surface area contributed by atoms with Crippen molar-refractivity contribution < 1.29 is 39.4 Å². The Morgan fingerprint density at radius 1 is 0.964 bits per heavy atom. The fourth-order valence-electron chi connectivity index (χ4n) is 2.59. The molecule has 0 heterocycles. The van der Waals surface area contributed by atoms with Crippen LogP contribution in [0, 0.1) is 6.07 Å². The minimum Gasteiger partial charge on any atom is -0.499 e. The van der Waals surface area contributed by atoms with E-state index in [0.29, 0.717) is 29.2 Å². The predicted molar refractivity (Wildman–Crippen MR) is 118 cm³/mol. The Labute approximate surface area is 188 Å². The van der Waals surface area contributed by atoms with Gasteiger partial charge in [0.15, 0.2) is 0 Å². The zero-order chi connectivity index (χ0) is 21.1. The minimum atomic E-state index is -0.833. The SMILES string of the molecule is CC(=O)O.CC(C)P(OCc1[c-]c(OP(C(C)C)C(C)C)ccc1)C(C)C.[Pd]. The quantitative estimate of drug-likeness (QED) is 0.218. The summed E-state index contributed by atoms with van der Waals surface area (Å²) in [4.78, 5) is 9.00. The first-order valence-electron chi connectivity index (χ1n) is 9.53. The Kier molecular flexibility index (Phi) is 17.0. The molecule has 28 heavy (non-hydrogen) atoms. The van der Waals surface area contributed by atoms with Crippen molar-refractivity contribution in [3.8, 4) is 5.75 Å². The van der Waals surface area contributed by atoms with Gasteiger partial charge in [-0.2, -0.15) is 12.1 Å². The second kappa shape index (κ2) is 15.8. The Bertz CT molecular complexity index is 531. The maximum Gasteiger partial charge on any atom is 0.300 e. The summed E-state index contributed by atoms with van der Waals surface area (Å²) in [6.45, 7) is 19.6.